The normalized spacial score (nSPS) is 12.2. The number of thiazole rings is 1. The van der Waals surface area contributed by atoms with E-state index in [1.165, 1.54) is 24.3 Å². The van der Waals surface area contributed by atoms with E-state index >= 15 is 0 Å². The van der Waals surface area contributed by atoms with Gasteiger partial charge in [0.05, 0.1) is 10.5 Å². The predicted octanol–water partition coefficient (Wildman–Crippen LogP) is 2.82. The van der Waals surface area contributed by atoms with Crippen molar-refractivity contribution in [2.24, 2.45) is 0 Å². The van der Waals surface area contributed by atoms with Gasteiger partial charge in [0.1, 0.15) is 0 Å². The van der Waals surface area contributed by atoms with Crippen LogP contribution in [0.15, 0.2) is 34.5 Å². The molecule has 1 aromatic heterocycles. The molecule has 0 radical (unpaired) electrons. The van der Waals surface area contributed by atoms with E-state index < -0.39 is 27.6 Å². The fourth-order valence-electron chi connectivity index (χ4n) is 1.60. The summed E-state index contributed by atoms with van der Waals surface area (Å²) >= 11 is 0.600. The zero-order valence-corrected chi connectivity index (χ0v) is 12.6. The smallest absolute Gasteiger partial charge is 0.298 e. The Labute approximate surface area is 127 Å². The second-order valence-corrected chi connectivity index (χ2v) is 7.10. The van der Waals surface area contributed by atoms with Gasteiger partial charge in [-0.1, -0.05) is 12.1 Å². The van der Waals surface area contributed by atoms with Gasteiger partial charge < -0.3 is 0 Å². The van der Waals surface area contributed by atoms with Crippen molar-refractivity contribution in [2.45, 2.75) is 11.1 Å². The molecule has 1 N–H and O–H groups in total. The van der Waals surface area contributed by atoms with Crippen molar-refractivity contribution in [3.05, 3.63) is 40.9 Å². The van der Waals surface area contributed by atoms with Gasteiger partial charge in [0.2, 0.25) is 0 Å². The standard InChI is InChI=1S/C12H9F3N2O3S2/c1-22(19,20)8-5-3-2-4-7(8)10(18)17-11-16-9(6-21-11)12(13,14)15/h2-6H,1H3,(H,16,17,18). The second-order valence-electron chi connectivity index (χ2n) is 4.26. The molecule has 2 aromatic rings. The van der Waals surface area contributed by atoms with E-state index in [4.69, 9.17) is 0 Å². The third-order valence-corrected chi connectivity index (χ3v) is 4.46. The Hall–Kier alpha value is -1.94. The molecule has 5 nitrogen and oxygen atoms in total. The molecule has 0 atom stereocenters. The van der Waals surface area contributed by atoms with Crippen molar-refractivity contribution in [3.8, 4) is 0 Å². The summed E-state index contributed by atoms with van der Waals surface area (Å²) in [6, 6.07) is 5.40. The number of sulfone groups is 1. The van der Waals surface area contributed by atoms with Crippen molar-refractivity contribution >= 4 is 32.2 Å². The van der Waals surface area contributed by atoms with Gasteiger partial charge in [-0.25, -0.2) is 13.4 Å². The Kier molecular flexibility index (Phi) is 4.25. The third kappa shape index (κ3) is 3.63. The molecule has 0 unspecified atom stereocenters. The first-order valence-corrected chi connectivity index (χ1v) is 8.49. The maximum absolute atomic E-state index is 12.4. The van der Waals surface area contributed by atoms with E-state index in [0.29, 0.717) is 11.3 Å². The Morgan fingerprint density at radius 1 is 1.27 bits per heavy atom. The number of benzene rings is 1. The lowest BCUT2D eigenvalue weighted by molar-refractivity contribution is -0.140. The van der Waals surface area contributed by atoms with Crippen molar-refractivity contribution in [3.63, 3.8) is 0 Å². The molecule has 0 spiro atoms. The van der Waals surface area contributed by atoms with Crippen LogP contribution in [0.3, 0.4) is 0 Å². The molecule has 118 valence electrons. The summed E-state index contributed by atoms with van der Waals surface area (Å²) in [6.45, 7) is 0. The first-order chi connectivity index (χ1) is 10.1. The molecule has 10 heteroatoms. The van der Waals surface area contributed by atoms with E-state index in [1.807, 2.05) is 0 Å². The number of carbonyl (C=O) groups is 1. The van der Waals surface area contributed by atoms with E-state index in [0.717, 1.165) is 11.6 Å². The van der Waals surface area contributed by atoms with Crippen LogP contribution in [-0.4, -0.2) is 25.6 Å². The summed E-state index contributed by atoms with van der Waals surface area (Å²) in [7, 11) is -3.65. The Morgan fingerprint density at radius 3 is 2.45 bits per heavy atom. The summed E-state index contributed by atoms with van der Waals surface area (Å²) in [5.74, 6) is -0.843. The number of alkyl halides is 3. The lowest BCUT2D eigenvalue weighted by Crippen LogP contribution is -2.16. The highest BCUT2D eigenvalue weighted by Gasteiger charge is 2.34. The van der Waals surface area contributed by atoms with Gasteiger partial charge in [-0.15, -0.1) is 11.3 Å². The summed E-state index contributed by atoms with van der Waals surface area (Å²) in [5.41, 5.74) is -1.28. The first kappa shape index (κ1) is 16.4. The monoisotopic (exact) mass is 350 g/mol. The highest BCUT2D eigenvalue weighted by atomic mass is 32.2. The van der Waals surface area contributed by atoms with Crippen LogP contribution in [0.25, 0.3) is 0 Å². The van der Waals surface area contributed by atoms with Crippen LogP contribution in [0.5, 0.6) is 0 Å². The van der Waals surface area contributed by atoms with Gasteiger partial charge >= 0.3 is 6.18 Å². The molecule has 2 rings (SSSR count). The highest BCUT2D eigenvalue weighted by Crippen LogP contribution is 2.31. The van der Waals surface area contributed by atoms with E-state index in [2.05, 4.69) is 10.3 Å². The van der Waals surface area contributed by atoms with Crippen molar-refractivity contribution in [1.82, 2.24) is 4.98 Å². The maximum atomic E-state index is 12.4. The average molecular weight is 350 g/mol. The molecule has 1 aromatic carbocycles. The molecule has 0 saturated carbocycles. The number of halogens is 3. The molecule has 1 heterocycles. The topological polar surface area (TPSA) is 76.1 Å². The minimum absolute atomic E-state index is 0.159. The Balaban J connectivity index is 2.29. The summed E-state index contributed by atoms with van der Waals surface area (Å²) in [4.78, 5) is 15.1. The predicted molar refractivity (Wildman–Crippen MR) is 74.6 cm³/mol. The van der Waals surface area contributed by atoms with Gasteiger partial charge in [0.15, 0.2) is 20.7 Å². The molecule has 0 aliphatic rings. The SMILES string of the molecule is CS(=O)(=O)c1ccccc1C(=O)Nc1nc(C(F)(F)F)cs1. The number of carbonyl (C=O) groups excluding carboxylic acids is 1. The minimum Gasteiger partial charge on any atom is -0.298 e. The van der Waals surface area contributed by atoms with Crippen LogP contribution in [-0.2, 0) is 16.0 Å². The van der Waals surface area contributed by atoms with Crippen LogP contribution >= 0.6 is 11.3 Å². The fraction of sp³-hybridized carbons (Fsp3) is 0.167. The minimum atomic E-state index is -4.61. The number of aromatic nitrogens is 1. The zero-order chi connectivity index (χ0) is 16.5. The molecule has 0 aliphatic heterocycles. The quantitative estimate of drug-likeness (QED) is 0.923. The average Bonchev–Trinajstić information content (AvgIpc) is 2.86. The van der Waals surface area contributed by atoms with Crippen molar-refractivity contribution in [2.75, 3.05) is 11.6 Å². The molecule has 0 saturated heterocycles. The van der Waals surface area contributed by atoms with Crippen LogP contribution < -0.4 is 5.32 Å². The number of anilines is 1. The van der Waals surface area contributed by atoms with Gasteiger partial charge in [-0.3, -0.25) is 10.1 Å². The first-order valence-electron chi connectivity index (χ1n) is 5.72. The number of nitrogens with one attached hydrogen (secondary N) is 1. The molecule has 22 heavy (non-hydrogen) atoms. The number of amides is 1. The molecular formula is C12H9F3N2O3S2. The molecular weight excluding hydrogens is 341 g/mol. The van der Waals surface area contributed by atoms with Crippen molar-refractivity contribution in [1.29, 1.82) is 0 Å². The lowest BCUT2D eigenvalue weighted by Gasteiger charge is -2.07. The van der Waals surface area contributed by atoms with Crippen LogP contribution in [0.1, 0.15) is 16.1 Å². The van der Waals surface area contributed by atoms with E-state index in [1.54, 1.807) is 0 Å². The fourth-order valence-corrected chi connectivity index (χ4v) is 3.20. The van der Waals surface area contributed by atoms with Gasteiger partial charge in [0.25, 0.3) is 5.91 Å². The summed E-state index contributed by atoms with van der Waals surface area (Å²) < 4.78 is 60.5. The van der Waals surface area contributed by atoms with Crippen LogP contribution in [0.2, 0.25) is 0 Å². The molecule has 0 fully saturated rings. The van der Waals surface area contributed by atoms with E-state index in [-0.39, 0.29) is 15.6 Å². The number of rotatable bonds is 3. The number of hydrogen-bond donors (Lipinski definition) is 1. The number of hydrogen-bond acceptors (Lipinski definition) is 5. The lowest BCUT2D eigenvalue weighted by atomic mass is 10.2. The van der Waals surface area contributed by atoms with Gasteiger partial charge in [-0.2, -0.15) is 13.2 Å². The Bertz CT molecular complexity index is 813. The second kappa shape index (κ2) is 5.69. The molecule has 0 aliphatic carbocycles. The largest absolute Gasteiger partial charge is 0.434 e. The van der Waals surface area contributed by atoms with Crippen LogP contribution in [0.4, 0.5) is 18.3 Å². The number of nitrogens with zero attached hydrogens (tertiary/aromatic N) is 1. The summed E-state index contributed by atoms with van der Waals surface area (Å²) in [5, 5.41) is 2.67. The maximum Gasteiger partial charge on any atom is 0.434 e. The van der Waals surface area contributed by atoms with Crippen molar-refractivity contribution < 1.29 is 26.4 Å². The van der Waals surface area contributed by atoms with E-state index in [9.17, 15) is 26.4 Å². The Morgan fingerprint density at radius 2 is 1.91 bits per heavy atom. The molecule has 1 amide bonds. The van der Waals surface area contributed by atoms with Gasteiger partial charge in [-0.05, 0) is 12.1 Å². The van der Waals surface area contributed by atoms with Crippen LogP contribution in [0, 0.1) is 0 Å². The van der Waals surface area contributed by atoms with Gasteiger partial charge in [0, 0.05) is 11.6 Å². The zero-order valence-electron chi connectivity index (χ0n) is 11.0. The highest BCUT2D eigenvalue weighted by molar-refractivity contribution is 7.90. The molecule has 0 bridgehead atoms. The third-order valence-electron chi connectivity index (χ3n) is 2.55. The summed E-state index contributed by atoms with van der Waals surface area (Å²) in [6.07, 6.45) is -3.67.